The number of nitrogens with zero attached hydrogens (tertiary/aromatic N) is 1. The molecule has 0 bridgehead atoms. The van der Waals surface area contributed by atoms with Crippen molar-refractivity contribution in [2.24, 2.45) is 0 Å². The second-order valence-corrected chi connectivity index (χ2v) is 6.56. The molecule has 28 heavy (non-hydrogen) atoms. The first-order chi connectivity index (χ1) is 13.6. The monoisotopic (exact) mass is 377 g/mol. The lowest BCUT2D eigenvalue weighted by Crippen LogP contribution is -2.38. The first kappa shape index (κ1) is 19.4. The number of rotatable bonds is 7. The van der Waals surface area contributed by atoms with E-state index in [4.69, 9.17) is 9.47 Å². The van der Waals surface area contributed by atoms with Gasteiger partial charge in [0.1, 0.15) is 12.4 Å². The van der Waals surface area contributed by atoms with Crippen LogP contribution in [0.15, 0.2) is 67.3 Å². The summed E-state index contributed by atoms with van der Waals surface area (Å²) in [5.41, 5.74) is 2.86. The number of anilines is 1. The number of carbonyl (C=O) groups excluding carboxylic acids is 2. The minimum absolute atomic E-state index is 0.0565. The molecule has 0 saturated carbocycles. The van der Waals surface area contributed by atoms with Gasteiger partial charge in [0.2, 0.25) is 0 Å². The third kappa shape index (κ3) is 4.68. The van der Waals surface area contributed by atoms with Crippen LogP contribution in [-0.2, 0) is 20.7 Å². The van der Waals surface area contributed by atoms with E-state index in [1.54, 1.807) is 17.1 Å². The largest absolute Gasteiger partial charge is 0.490 e. The van der Waals surface area contributed by atoms with Crippen molar-refractivity contribution in [3.63, 3.8) is 0 Å². The number of hydrogen-bond donors (Lipinski definition) is 0. The quantitative estimate of drug-likeness (QED) is 0.419. The van der Waals surface area contributed by atoms with Gasteiger partial charge in [-0.05, 0) is 48.7 Å². The Morgan fingerprint density at radius 3 is 2.68 bits per heavy atom. The van der Waals surface area contributed by atoms with Gasteiger partial charge in [-0.2, -0.15) is 0 Å². The van der Waals surface area contributed by atoms with Crippen molar-refractivity contribution in [1.29, 1.82) is 0 Å². The highest BCUT2D eigenvalue weighted by atomic mass is 16.5. The molecule has 0 unspecified atom stereocenters. The van der Waals surface area contributed by atoms with E-state index in [1.165, 1.54) is 6.08 Å². The molecule has 2 aromatic rings. The van der Waals surface area contributed by atoms with Crippen LogP contribution < -0.4 is 9.64 Å². The zero-order chi connectivity index (χ0) is 19.9. The van der Waals surface area contributed by atoms with Gasteiger partial charge in [0, 0.05) is 17.8 Å². The molecule has 1 atom stereocenters. The lowest BCUT2D eigenvalue weighted by Gasteiger charge is -2.22. The maximum Gasteiger partial charge on any atom is 0.331 e. The number of carbonyl (C=O) groups is 2. The molecule has 3 rings (SSSR count). The van der Waals surface area contributed by atoms with Crippen LogP contribution in [0.3, 0.4) is 0 Å². The van der Waals surface area contributed by atoms with Crippen molar-refractivity contribution in [3.05, 3.63) is 78.4 Å². The minimum Gasteiger partial charge on any atom is -0.490 e. The fraction of sp³-hybridized carbons (Fsp3) is 0.217. The summed E-state index contributed by atoms with van der Waals surface area (Å²) in [6.45, 7) is 5.74. The first-order valence-corrected chi connectivity index (χ1v) is 9.17. The van der Waals surface area contributed by atoms with E-state index in [2.05, 4.69) is 6.58 Å². The Morgan fingerprint density at radius 1 is 1.18 bits per heavy atom. The van der Waals surface area contributed by atoms with Crippen molar-refractivity contribution < 1.29 is 19.1 Å². The van der Waals surface area contributed by atoms with Crippen LogP contribution in [0.25, 0.3) is 6.08 Å². The fourth-order valence-corrected chi connectivity index (χ4v) is 3.19. The number of ether oxygens (including phenoxy) is 2. The second kappa shape index (κ2) is 9.04. The summed E-state index contributed by atoms with van der Waals surface area (Å²) in [4.78, 5) is 26.2. The van der Waals surface area contributed by atoms with Crippen molar-refractivity contribution in [2.75, 3.05) is 18.1 Å². The average molecular weight is 377 g/mol. The van der Waals surface area contributed by atoms with Crippen LogP contribution in [0.4, 0.5) is 5.69 Å². The van der Waals surface area contributed by atoms with E-state index in [-0.39, 0.29) is 18.6 Å². The predicted molar refractivity (Wildman–Crippen MR) is 109 cm³/mol. The fourth-order valence-electron chi connectivity index (χ4n) is 3.19. The molecule has 1 heterocycles. The molecule has 1 amide bonds. The van der Waals surface area contributed by atoms with Gasteiger partial charge in [-0.1, -0.05) is 43.0 Å². The van der Waals surface area contributed by atoms with E-state index in [0.717, 1.165) is 29.0 Å². The third-order valence-corrected chi connectivity index (χ3v) is 4.47. The molecule has 5 heteroatoms. The molecule has 0 radical (unpaired) electrons. The highest BCUT2D eigenvalue weighted by molar-refractivity contribution is 5.98. The smallest absolute Gasteiger partial charge is 0.331 e. The second-order valence-electron chi connectivity index (χ2n) is 6.56. The molecule has 0 aliphatic carbocycles. The summed E-state index contributed by atoms with van der Waals surface area (Å²) in [5, 5.41) is 0. The summed E-state index contributed by atoms with van der Waals surface area (Å²) in [6, 6.07) is 15.1. The van der Waals surface area contributed by atoms with Crippen LogP contribution in [0.1, 0.15) is 18.1 Å². The molecule has 0 N–H and O–H groups in total. The normalized spacial score (nSPS) is 15.3. The molecule has 2 aromatic carbocycles. The summed E-state index contributed by atoms with van der Waals surface area (Å²) in [5.74, 6) is -0.0476. The van der Waals surface area contributed by atoms with E-state index >= 15 is 0 Å². The summed E-state index contributed by atoms with van der Waals surface area (Å²) < 4.78 is 10.5. The number of esters is 1. The molecule has 1 aliphatic heterocycles. The Labute approximate surface area is 164 Å². The standard InChI is InChI=1S/C23H23NO4/c1-3-14-27-20-11-8-18(9-12-20)10-13-23(26)28-16-22(25)24-17(2)15-19-6-4-5-7-21(19)24/h3-13,17H,1,14-16H2,2H3/b13-10+/t17-/m1/s1. The molecule has 0 spiro atoms. The number of amides is 1. The SMILES string of the molecule is C=CCOc1ccc(/C=C/C(=O)OCC(=O)N2c3ccccc3C[C@H]2C)cc1. The van der Waals surface area contributed by atoms with Gasteiger partial charge in [0.05, 0.1) is 0 Å². The highest BCUT2D eigenvalue weighted by Crippen LogP contribution is 2.31. The lowest BCUT2D eigenvalue weighted by molar-refractivity contribution is -0.143. The molecule has 0 aromatic heterocycles. The zero-order valence-electron chi connectivity index (χ0n) is 15.8. The van der Waals surface area contributed by atoms with Gasteiger partial charge in [-0.3, -0.25) is 4.79 Å². The summed E-state index contributed by atoms with van der Waals surface area (Å²) in [7, 11) is 0. The van der Waals surface area contributed by atoms with Gasteiger partial charge in [-0.25, -0.2) is 4.79 Å². The van der Waals surface area contributed by atoms with Crippen LogP contribution in [-0.4, -0.2) is 31.1 Å². The maximum atomic E-state index is 12.5. The first-order valence-electron chi connectivity index (χ1n) is 9.17. The molecular formula is C23H23NO4. The Balaban J connectivity index is 1.52. The van der Waals surface area contributed by atoms with Crippen LogP contribution in [0.5, 0.6) is 5.75 Å². The topological polar surface area (TPSA) is 55.8 Å². The lowest BCUT2D eigenvalue weighted by atomic mass is 10.1. The number of para-hydroxylation sites is 1. The summed E-state index contributed by atoms with van der Waals surface area (Å²) in [6.07, 6.45) is 5.43. The predicted octanol–water partition coefficient (Wildman–Crippen LogP) is 3.79. The van der Waals surface area contributed by atoms with Gasteiger partial charge < -0.3 is 14.4 Å². The van der Waals surface area contributed by atoms with Crippen molar-refractivity contribution >= 4 is 23.6 Å². The highest BCUT2D eigenvalue weighted by Gasteiger charge is 2.30. The molecule has 1 aliphatic rings. The zero-order valence-corrected chi connectivity index (χ0v) is 15.8. The Kier molecular flexibility index (Phi) is 6.27. The summed E-state index contributed by atoms with van der Waals surface area (Å²) >= 11 is 0. The Hall–Kier alpha value is -3.34. The van der Waals surface area contributed by atoms with Crippen LogP contribution in [0, 0.1) is 0 Å². The minimum atomic E-state index is -0.555. The van der Waals surface area contributed by atoms with Crippen molar-refractivity contribution in [1.82, 2.24) is 0 Å². The van der Waals surface area contributed by atoms with E-state index in [0.29, 0.717) is 6.61 Å². The van der Waals surface area contributed by atoms with E-state index < -0.39 is 5.97 Å². The number of benzene rings is 2. The Bertz CT molecular complexity index is 886. The molecule has 144 valence electrons. The van der Waals surface area contributed by atoms with Crippen molar-refractivity contribution in [2.45, 2.75) is 19.4 Å². The maximum absolute atomic E-state index is 12.5. The van der Waals surface area contributed by atoms with E-state index in [1.807, 2.05) is 55.5 Å². The van der Waals surface area contributed by atoms with Crippen LogP contribution in [0.2, 0.25) is 0 Å². The number of fused-ring (bicyclic) bond motifs is 1. The third-order valence-electron chi connectivity index (χ3n) is 4.47. The molecule has 5 nitrogen and oxygen atoms in total. The molecule has 0 fully saturated rings. The van der Waals surface area contributed by atoms with Gasteiger partial charge in [0.15, 0.2) is 6.61 Å². The Morgan fingerprint density at radius 2 is 1.93 bits per heavy atom. The van der Waals surface area contributed by atoms with E-state index in [9.17, 15) is 9.59 Å². The molecular weight excluding hydrogens is 354 g/mol. The molecule has 0 saturated heterocycles. The van der Waals surface area contributed by atoms with Crippen molar-refractivity contribution in [3.8, 4) is 5.75 Å². The van der Waals surface area contributed by atoms with Gasteiger partial charge in [-0.15, -0.1) is 0 Å². The average Bonchev–Trinajstić information content (AvgIpc) is 3.05. The van der Waals surface area contributed by atoms with Gasteiger partial charge in [0.25, 0.3) is 5.91 Å². The number of hydrogen-bond acceptors (Lipinski definition) is 4. The van der Waals surface area contributed by atoms with Gasteiger partial charge >= 0.3 is 5.97 Å². The van der Waals surface area contributed by atoms with Crippen LogP contribution >= 0.6 is 0 Å².